The number of piperidine rings is 1. The first-order chi connectivity index (χ1) is 15.9. The smallest absolute Gasteiger partial charge is 0.303 e. The number of carboxylic acid groups (broad SMARTS) is 1. The van der Waals surface area contributed by atoms with Crippen molar-refractivity contribution in [2.45, 2.75) is 45.4 Å². The van der Waals surface area contributed by atoms with Crippen LogP contribution in [0.5, 0.6) is 0 Å². The summed E-state index contributed by atoms with van der Waals surface area (Å²) in [6, 6.07) is 13.0. The Morgan fingerprint density at radius 1 is 1.03 bits per heavy atom. The molecule has 2 heterocycles. The summed E-state index contributed by atoms with van der Waals surface area (Å²) in [5.74, 6) is -0.743. The zero-order chi connectivity index (χ0) is 23.4. The fourth-order valence-electron chi connectivity index (χ4n) is 4.30. The third-order valence-electron chi connectivity index (χ3n) is 6.14. The molecule has 1 amide bonds. The molecule has 4 rings (SSSR count). The van der Waals surface area contributed by atoms with Crippen LogP contribution in [0.15, 0.2) is 42.5 Å². The van der Waals surface area contributed by atoms with E-state index >= 15 is 0 Å². The van der Waals surface area contributed by atoms with Gasteiger partial charge in [-0.2, -0.15) is 0 Å². The second-order valence-electron chi connectivity index (χ2n) is 8.82. The Labute approximate surface area is 198 Å². The van der Waals surface area contributed by atoms with E-state index < -0.39 is 5.97 Å². The van der Waals surface area contributed by atoms with Gasteiger partial charge in [-0.25, -0.2) is 9.97 Å². The molecule has 0 aliphatic carbocycles. The highest BCUT2D eigenvalue weighted by molar-refractivity contribution is 6.30. The summed E-state index contributed by atoms with van der Waals surface area (Å²) in [4.78, 5) is 35.7. The summed E-state index contributed by atoms with van der Waals surface area (Å²) in [5, 5.41) is 9.74. The minimum absolute atomic E-state index is 0.0186. The lowest BCUT2D eigenvalue weighted by atomic mass is 9.98. The number of rotatable bonds is 7. The fraction of sp³-hybridized carbons (Fsp3) is 0.385. The number of aromatic nitrogens is 2. The maximum atomic E-state index is 13.0. The normalized spacial score (nSPS) is 14.9. The van der Waals surface area contributed by atoms with Crippen molar-refractivity contribution in [2.75, 3.05) is 13.1 Å². The molecule has 0 radical (unpaired) electrons. The second-order valence-corrected chi connectivity index (χ2v) is 9.26. The molecule has 1 saturated heterocycles. The van der Waals surface area contributed by atoms with Crippen LogP contribution in [0.1, 0.15) is 55.1 Å². The van der Waals surface area contributed by atoms with Crippen molar-refractivity contribution in [1.29, 1.82) is 0 Å². The van der Waals surface area contributed by atoms with Crippen LogP contribution < -0.4 is 0 Å². The van der Waals surface area contributed by atoms with Gasteiger partial charge in [0.15, 0.2) is 0 Å². The van der Waals surface area contributed by atoms with Crippen molar-refractivity contribution in [3.63, 3.8) is 0 Å². The van der Waals surface area contributed by atoms with Gasteiger partial charge in [0.1, 0.15) is 0 Å². The molecule has 1 N–H and O–H groups in total. The van der Waals surface area contributed by atoms with Crippen LogP contribution in [0, 0.1) is 5.92 Å². The van der Waals surface area contributed by atoms with Crippen molar-refractivity contribution < 1.29 is 14.7 Å². The van der Waals surface area contributed by atoms with Gasteiger partial charge in [0, 0.05) is 35.7 Å². The van der Waals surface area contributed by atoms with Crippen LogP contribution in [0.3, 0.4) is 0 Å². The van der Waals surface area contributed by atoms with Crippen molar-refractivity contribution in [3.05, 3.63) is 58.7 Å². The molecule has 6 nitrogen and oxygen atoms in total. The average Bonchev–Trinajstić information content (AvgIpc) is 2.82. The second kappa shape index (κ2) is 10.3. The summed E-state index contributed by atoms with van der Waals surface area (Å²) >= 11 is 6.07. The van der Waals surface area contributed by atoms with Gasteiger partial charge in [-0.15, -0.1) is 0 Å². The number of fused-ring (bicyclic) bond motifs is 1. The van der Waals surface area contributed by atoms with Gasteiger partial charge in [-0.1, -0.05) is 30.7 Å². The van der Waals surface area contributed by atoms with Crippen LogP contribution in [0.2, 0.25) is 5.02 Å². The molecule has 0 spiro atoms. The highest BCUT2D eigenvalue weighted by Gasteiger charge is 2.20. The predicted octanol–water partition coefficient (Wildman–Crippen LogP) is 5.62. The quantitative estimate of drug-likeness (QED) is 0.489. The molecule has 33 heavy (non-hydrogen) atoms. The molecule has 2 aromatic carbocycles. The molecule has 1 fully saturated rings. The Balaban J connectivity index is 1.69. The van der Waals surface area contributed by atoms with E-state index in [1.807, 2.05) is 54.3 Å². The first-order valence-corrected chi connectivity index (χ1v) is 11.9. The molecule has 0 bridgehead atoms. The molecule has 1 atom stereocenters. The highest BCUT2D eigenvalue weighted by atomic mass is 35.5. The SMILES string of the molecule is CC(CCc1nc2cc(C(=O)N3CCCCC3)ccc2nc1-c1ccc(Cl)cc1)CC(=O)O. The molecule has 3 aromatic rings. The molecule has 1 aliphatic rings. The summed E-state index contributed by atoms with van der Waals surface area (Å²) in [7, 11) is 0. The molecule has 1 aliphatic heterocycles. The maximum Gasteiger partial charge on any atom is 0.303 e. The molecular formula is C26H28ClN3O3. The largest absolute Gasteiger partial charge is 0.481 e. The number of likely N-dealkylation sites (tertiary alicyclic amines) is 1. The van der Waals surface area contributed by atoms with Crippen LogP contribution in [0.4, 0.5) is 0 Å². The lowest BCUT2D eigenvalue weighted by Gasteiger charge is -2.26. The summed E-state index contributed by atoms with van der Waals surface area (Å²) in [5.41, 5.74) is 4.49. The van der Waals surface area contributed by atoms with E-state index in [-0.39, 0.29) is 18.2 Å². The molecule has 1 unspecified atom stereocenters. The number of hydrogen-bond acceptors (Lipinski definition) is 4. The number of aliphatic carboxylic acids is 1. The zero-order valence-electron chi connectivity index (χ0n) is 18.8. The summed E-state index contributed by atoms with van der Waals surface area (Å²) in [6.45, 7) is 3.52. The first kappa shape index (κ1) is 23.2. The summed E-state index contributed by atoms with van der Waals surface area (Å²) in [6.07, 6.45) is 4.65. The van der Waals surface area contributed by atoms with E-state index in [2.05, 4.69) is 0 Å². The number of carbonyl (C=O) groups excluding carboxylic acids is 1. The maximum absolute atomic E-state index is 13.0. The number of benzene rings is 2. The van der Waals surface area contributed by atoms with E-state index in [1.165, 1.54) is 6.42 Å². The Hall–Kier alpha value is -2.99. The molecular weight excluding hydrogens is 438 g/mol. The minimum Gasteiger partial charge on any atom is -0.481 e. The molecule has 7 heteroatoms. The topological polar surface area (TPSA) is 83.4 Å². The molecule has 1 aromatic heterocycles. The van der Waals surface area contributed by atoms with Crippen molar-refractivity contribution in [1.82, 2.24) is 14.9 Å². The molecule has 0 saturated carbocycles. The number of carbonyl (C=O) groups is 2. The van der Waals surface area contributed by atoms with Gasteiger partial charge in [0.05, 0.1) is 22.4 Å². The number of aryl methyl sites for hydroxylation is 1. The van der Waals surface area contributed by atoms with Gasteiger partial charge in [-0.05, 0) is 68.4 Å². The minimum atomic E-state index is -0.800. The van der Waals surface area contributed by atoms with Gasteiger partial charge in [0.2, 0.25) is 0 Å². The van der Waals surface area contributed by atoms with E-state index in [9.17, 15) is 9.59 Å². The van der Waals surface area contributed by atoms with Crippen molar-refractivity contribution >= 4 is 34.5 Å². The fourth-order valence-corrected chi connectivity index (χ4v) is 4.43. The monoisotopic (exact) mass is 465 g/mol. The van der Waals surface area contributed by atoms with Gasteiger partial charge < -0.3 is 10.0 Å². The van der Waals surface area contributed by atoms with Crippen molar-refractivity contribution in [3.8, 4) is 11.3 Å². The molecule has 172 valence electrons. The summed E-state index contributed by atoms with van der Waals surface area (Å²) < 4.78 is 0. The van der Waals surface area contributed by atoms with Crippen molar-refractivity contribution in [2.24, 2.45) is 5.92 Å². The Bertz CT molecular complexity index is 1160. The predicted molar refractivity (Wildman–Crippen MR) is 129 cm³/mol. The van der Waals surface area contributed by atoms with E-state index in [0.717, 1.165) is 48.4 Å². The zero-order valence-corrected chi connectivity index (χ0v) is 19.5. The van der Waals surface area contributed by atoms with E-state index in [1.54, 1.807) is 0 Å². The number of nitrogens with zero attached hydrogens (tertiary/aromatic N) is 3. The lowest BCUT2D eigenvalue weighted by Crippen LogP contribution is -2.35. The number of halogens is 1. The van der Waals surface area contributed by atoms with Crippen LogP contribution in [0.25, 0.3) is 22.3 Å². The standard InChI is InChI=1S/C26H28ClN3O3/c1-17(15-24(31)32)5-11-22-25(18-6-9-20(27)10-7-18)29-21-12-8-19(16-23(21)28-22)26(33)30-13-3-2-4-14-30/h6-10,12,16-17H,2-5,11,13-15H2,1H3,(H,31,32). The van der Waals surface area contributed by atoms with E-state index in [4.69, 9.17) is 26.7 Å². The number of hydrogen-bond donors (Lipinski definition) is 1. The van der Waals surface area contributed by atoms with Crippen LogP contribution in [-0.2, 0) is 11.2 Å². The average molecular weight is 466 g/mol. The van der Waals surface area contributed by atoms with Gasteiger partial charge >= 0.3 is 5.97 Å². The number of amides is 1. The third-order valence-corrected chi connectivity index (χ3v) is 6.39. The number of carboxylic acids is 1. The van der Waals surface area contributed by atoms with Gasteiger partial charge in [-0.3, -0.25) is 9.59 Å². The Morgan fingerprint density at radius 2 is 1.76 bits per heavy atom. The van der Waals surface area contributed by atoms with Gasteiger partial charge in [0.25, 0.3) is 5.91 Å². The van der Waals surface area contributed by atoms with E-state index in [0.29, 0.717) is 28.9 Å². The lowest BCUT2D eigenvalue weighted by molar-refractivity contribution is -0.138. The first-order valence-electron chi connectivity index (χ1n) is 11.5. The van der Waals surface area contributed by atoms with Crippen LogP contribution in [-0.4, -0.2) is 44.9 Å². The highest BCUT2D eigenvalue weighted by Crippen LogP contribution is 2.27. The van der Waals surface area contributed by atoms with Crippen LogP contribution >= 0.6 is 11.6 Å². The third kappa shape index (κ3) is 5.69. The Kier molecular flexibility index (Phi) is 7.23. The Morgan fingerprint density at radius 3 is 2.45 bits per heavy atom.